The van der Waals surface area contributed by atoms with Crippen LogP contribution < -0.4 is 0 Å². The van der Waals surface area contributed by atoms with E-state index in [0.29, 0.717) is 26.1 Å². The fourth-order valence-electron chi connectivity index (χ4n) is 3.10. The van der Waals surface area contributed by atoms with Crippen molar-refractivity contribution in [2.75, 3.05) is 0 Å². The molecule has 0 saturated carbocycles. The van der Waals surface area contributed by atoms with E-state index in [1.54, 1.807) is 54.6 Å². The molecular weight excluding hydrogens is 478 g/mol. The van der Waals surface area contributed by atoms with Crippen molar-refractivity contribution in [1.29, 1.82) is 0 Å². The summed E-state index contributed by atoms with van der Waals surface area (Å²) in [4.78, 5) is 39.2. The summed E-state index contributed by atoms with van der Waals surface area (Å²) >= 11 is 4.11. The number of halogens is 1. The average molecular weight is 494 g/mol. The third-order valence-corrected chi connectivity index (χ3v) is 6.28. The maximum Gasteiger partial charge on any atom is 0.293 e. The Morgan fingerprint density at radius 2 is 1.65 bits per heavy atom. The molecule has 1 N–H and O–H groups in total. The lowest BCUT2D eigenvalue weighted by Crippen LogP contribution is -2.27. The van der Waals surface area contributed by atoms with Crippen LogP contribution in [-0.4, -0.2) is 26.9 Å². The van der Waals surface area contributed by atoms with Crippen LogP contribution in [0.1, 0.15) is 27.0 Å². The van der Waals surface area contributed by atoms with Gasteiger partial charge in [0.25, 0.3) is 11.1 Å². The van der Waals surface area contributed by atoms with Crippen molar-refractivity contribution in [1.82, 2.24) is 4.90 Å². The normalized spacial score (nSPS) is 15.0. The molecule has 0 aromatic heterocycles. The van der Waals surface area contributed by atoms with Crippen LogP contribution in [0.5, 0.6) is 5.75 Å². The number of carbonyl (C=O) groups is 3. The highest BCUT2D eigenvalue weighted by Gasteiger charge is 2.35. The maximum atomic E-state index is 12.7. The molecule has 0 atom stereocenters. The fraction of sp³-hybridized carbons (Fsp3) is 0.0417. The summed E-state index contributed by atoms with van der Waals surface area (Å²) < 4.78 is 0.505. The lowest BCUT2D eigenvalue weighted by Gasteiger charge is -2.12. The zero-order valence-corrected chi connectivity index (χ0v) is 18.5. The number of imide groups is 1. The summed E-state index contributed by atoms with van der Waals surface area (Å²) in [5.41, 5.74) is 2.59. The molecule has 1 heterocycles. The Hall–Kier alpha value is -3.16. The summed E-state index contributed by atoms with van der Waals surface area (Å²) in [6.07, 6.45) is 1.62. The summed E-state index contributed by atoms with van der Waals surface area (Å²) in [5.74, 6) is -0.357. The standard InChI is InChI=1S/C24H16BrNO4S/c25-19-12-16(8-11-20(19)27)13-21-23(29)26(24(30)31-21)14-15-6-9-18(10-7-15)22(28)17-4-2-1-3-5-17/h1-13,27H,14H2/b21-13-. The number of aromatic hydroxyl groups is 1. The van der Waals surface area contributed by atoms with Crippen molar-refractivity contribution in [3.8, 4) is 5.75 Å². The van der Waals surface area contributed by atoms with Gasteiger partial charge in [0, 0.05) is 11.1 Å². The Morgan fingerprint density at radius 1 is 0.968 bits per heavy atom. The zero-order chi connectivity index (χ0) is 22.0. The van der Waals surface area contributed by atoms with Gasteiger partial charge in [-0.25, -0.2) is 0 Å². The molecule has 0 unspecified atom stereocenters. The van der Waals surface area contributed by atoms with Crippen molar-refractivity contribution in [2.24, 2.45) is 0 Å². The van der Waals surface area contributed by atoms with Gasteiger partial charge in [-0.3, -0.25) is 19.3 Å². The van der Waals surface area contributed by atoms with Gasteiger partial charge in [-0.1, -0.05) is 60.7 Å². The predicted molar refractivity (Wildman–Crippen MR) is 124 cm³/mol. The van der Waals surface area contributed by atoms with Gasteiger partial charge < -0.3 is 5.11 Å². The molecule has 0 aliphatic carbocycles. The van der Waals surface area contributed by atoms with E-state index in [1.165, 1.54) is 11.0 Å². The maximum absolute atomic E-state index is 12.7. The van der Waals surface area contributed by atoms with Crippen LogP contribution in [0, 0.1) is 0 Å². The summed E-state index contributed by atoms with van der Waals surface area (Å²) in [5, 5.41) is 9.25. The summed E-state index contributed by atoms with van der Waals surface area (Å²) in [6, 6.07) is 20.7. The van der Waals surface area contributed by atoms with Crippen LogP contribution in [0.25, 0.3) is 6.08 Å². The van der Waals surface area contributed by atoms with Crippen LogP contribution in [-0.2, 0) is 11.3 Å². The van der Waals surface area contributed by atoms with E-state index in [2.05, 4.69) is 15.9 Å². The smallest absolute Gasteiger partial charge is 0.293 e. The number of thioether (sulfide) groups is 1. The molecule has 5 nitrogen and oxygen atoms in total. The second-order valence-corrected chi connectivity index (χ2v) is 8.72. The van der Waals surface area contributed by atoms with Crippen molar-refractivity contribution >= 4 is 50.7 Å². The Kier molecular flexibility index (Phi) is 6.06. The number of phenolic OH excluding ortho intramolecular Hbond substituents is 1. The fourth-order valence-corrected chi connectivity index (χ4v) is 4.34. The number of carbonyl (C=O) groups excluding carboxylic acids is 3. The van der Waals surface area contributed by atoms with E-state index in [-0.39, 0.29) is 29.2 Å². The van der Waals surface area contributed by atoms with Crippen LogP contribution >= 0.6 is 27.7 Å². The van der Waals surface area contributed by atoms with Gasteiger partial charge in [-0.05, 0) is 57.0 Å². The van der Waals surface area contributed by atoms with Crippen LogP contribution in [0.4, 0.5) is 4.79 Å². The van der Waals surface area contributed by atoms with Gasteiger partial charge in [0.15, 0.2) is 5.78 Å². The molecule has 0 spiro atoms. The molecule has 1 fully saturated rings. The molecule has 1 saturated heterocycles. The Morgan fingerprint density at radius 3 is 2.32 bits per heavy atom. The topological polar surface area (TPSA) is 74.7 Å². The SMILES string of the molecule is O=C(c1ccccc1)c1ccc(CN2C(=O)S/C(=C\c3ccc(O)c(Br)c3)C2=O)cc1. The molecule has 4 rings (SSSR count). The first-order valence-electron chi connectivity index (χ1n) is 9.35. The van der Waals surface area contributed by atoms with Gasteiger partial charge in [-0.2, -0.15) is 0 Å². The number of hydrogen-bond acceptors (Lipinski definition) is 5. The first-order valence-corrected chi connectivity index (χ1v) is 11.0. The lowest BCUT2D eigenvalue weighted by atomic mass is 10.0. The van der Waals surface area contributed by atoms with E-state index in [1.807, 2.05) is 18.2 Å². The first kappa shape index (κ1) is 21.1. The minimum Gasteiger partial charge on any atom is -0.507 e. The second kappa shape index (κ2) is 8.91. The highest BCUT2D eigenvalue weighted by atomic mass is 79.9. The van der Waals surface area contributed by atoms with Crippen molar-refractivity contribution in [3.05, 3.63) is 104 Å². The lowest BCUT2D eigenvalue weighted by molar-refractivity contribution is -0.123. The highest BCUT2D eigenvalue weighted by Crippen LogP contribution is 2.34. The van der Waals surface area contributed by atoms with Gasteiger partial charge >= 0.3 is 0 Å². The van der Waals surface area contributed by atoms with Gasteiger partial charge in [0.1, 0.15) is 5.75 Å². The monoisotopic (exact) mass is 493 g/mol. The van der Waals surface area contributed by atoms with Crippen LogP contribution in [0.15, 0.2) is 82.2 Å². The number of benzene rings is 3. The van der Waals surface area contributed by atoms with E-state index in [4.69, 9.17) is 0 Å². The summed E-state index contributed by atoms with van der Waals surface area (Å²) in [7, 11) is 0. The van der Waals surface area contributed by atoms with E-state index in [0.717, 1.165) is 17.3 Å². The van der Waals surface area contributed by atoms with E-state index in [9.17, 15) is 19.5 Å². The molecule has 31 heavy (non-hydrogen) atoms. The highest BCUT2D eigenvalue weighted by molar-refractivity contribution is 9.10. The van der Waals surface area contributed by atoms with Gasteiger partial charge in [-0.15, -0.1) is 0 Å². The number of nitrogens with zero attached hydrogens (tertiary/aromatic N) is 1. The number of amides is 2. The predicted octanol–water partition coefficient (Wildman–Crippen LogP) is 5.62. The van der Waals surface area contributed by atoms with Crippen molar-refractivity contribution in [2.45, 2.75) is 6.54 Å². The second-order valence-electron chi connectivity index (χ2n) is 6.87. The Labute approximate surface area is 191 Å². The Bertz CT molecular complexity index is 1210. The van der Waals surface area contributed by atoms with Crippen molar-refractivity contribution in [3.63, 3.8) is 0 Å². The van der Waals surface area contributed by atoms with E-state index < -0.39 is 0 Å². The first-order chi connectivity index (χ1) is 14.9. The molecule has 7 heteroatoms. The number of rotatable bonds is 5. The molecule has 0 bridgehead atoms. The Balaban J connectivity index is 1.48. The number of hydrogen-bond donors (Lipinski definition) is 1. The minimum atomic E-state index is -0.372. The third-order valence-electron chi connectivity index (χ3n) is 4.74. The molecule has 3 aromatic rings. The average Bonchev–Trinajstić information content (AvgIpc) is 3.04. The van der Waals surface area contributed by atoms with Crippen LogP contribution in [0.2, 0.25) is 0 Å². The molecule has 1 aliphatic heterocycles. The zero-order valence-electron chi connectivity index (χ0n) is 16.1. The van der Waals surface area contributed by atoms with Gasteiger partial charge in [0.05, 0.1) is 15.9 Å². The molecule has 2 amide bonds. The molecule has 0 radical (unpaired) electrons. The van der Waals surface area contributed by atoms with E-state index >= 15 is 0 Å². The van der Waals surface area contributed by atoms with Crippen molar-refractivity contribution < 1.29 is 19.5 Å². The molecule has 1 aliphatic rings. The number of ketones is 1. The number of phenols is 1. The molecule has 3 aromatic carbocycles. The third kappa shape index (κ3) is 4.62. The summed E-state index contributed by atoms with van der Waals surface area (Å²) in [6.45, 7) is 0.126. The minimum absolute atomic E-state index is 0.0821. The molecule has 154 valence electrons. The van der Waals surface area contributed by atoms with Crippen LogP contribution in [0.3, 0.4) is 0 Å². The van der Waals surface area contributed by atoms with Gasteiger partial charge in [0.2, 0.25) is 0 Å². The largest absolute Gasteiger partial charge is 0.507 e. The molecular formula is C24H16BrNO4S. The quantitative estimate of drug-likeness (QED) is 0.368.